The van der Waals surface area contributed by atoms with Gasteiger partial charge in [0.25, 0.3) is 0 Å². The zero-order chi connectivity index (χ0) is 8.86. The molecule has 0 aliphatic carbocycles. The number of β-amino-alcohol motifs (C(OH)–C–C–N with tert-alkyl or cyclic N) is 1. The summed E-state index contributed by atoms with van der Waals surface area (Å²) in [6.07, 6.45) is 1.90. The molecule has 1 aliphatic rings. The van der Waals surface area contributed by atoms with Crippen LogP contribution in [0.25, 0.3) is 0 Å². The average molecular weight is 174 g/mol. The number of nitrogens with two attached hydrogens (primary N) is 1. The molecule has 1 aliphatic heterocycles. The zero-order valence-electron chi connectivity index (χ0n) is 7.38. The van der Waals surface area contributed by atoms with Crippen molar-refractivity contribution in [3.63, 3.8) is 0 Å². The molecule has 4 N–H and O–H groups in total. The van der Waals surface area contributed by atoms with Crippen LogP contribution in [0.15, 0.2) is 0 Å². The molecule has 0 aromatic rings. The molecular weight excluding hydrogens is 156 g/mol. The van der Waals surface area contributed by atoms with Gasteiger partial charge in [-0.05, 0) is 12.8 Å². The largest absolute Gasteiger partial charge is 0.395 e. The molecule has 1 rings (SSSR count). The van der Waals surface area contributed by atoms with Gasteiger partial charge in [-0.3, -0.25) is 0 Å². The van der Waals surface area contributed by atoms with Crippen LogP contribution in [-0.4, -0.2) is 43.6 Å². The van der Waals surface area contributed by atoms with E-state index >= 15 is 0 Å². The second-order valence-electron chi connectivity index (χ2n) is 3.25. The number of aliphatic hydroxyl groups excluding tert-OH is 1. The van der Waals surface area contributed by atoms with Gasteiger partial charge in [-0.2, -0.15) is 0 Å². The monoisotopic (exact) mass is 174 g/mol. The van der Waals surface area contributed by atoms with E-state index in [0.29, 0.717) is 13.1 Å². The number of nitrogens with one attached hydrogen (secondary N) is 1. The Morgan fingerprint density at radius 1 is 1.42 bits per heavy atom. The molecule has 0 bridgehead atoms. The maximum atomic E-state index is 8.67. The van der Waals surface area contributed by atoms with Crippen molar-refractivity contribution in [3.8, 4) is 0 Å². The van der Waals surface area contributed by atoms with Gasteiger partial charge < -0.3 is 20.9 Å². The van der Waals surface area contributed by atoms with Gasteiger partial charge in [0.05, 0.1) is 6.61 Å². The van der Waals surface area contributed by atoms with E-state index in [-0.39, 0.29) is 12.1 Å². The maximum Gasteiger partial charge on any atom is 0.0556 e. The van der Waals surface area contributed by atoms with Crippen LogP contribution in [0.3, 0.4) is 0 Å². The van der Waals surface area contributed by atoms with Crippen LogP contribution in [0.4, 0.5) is 0 Å². The zero-order valence-corrected chi connectivity index (χ0v) is 7.38. The Morgan fingerprint density at radius 3 is 2.58 bits per heavy atom. The first-order valence-corrected chi connectivity index (χ1v) is 4.47. The van der Waals surface area contributed by atoms with Crippen molar-refractivity contribution in [1.82, 2.24) is 5.32 Å². The number of hydrogen-bond acceptors (Lipinski definition) is 4. The van der Waals surface area contributed by atoms with Crippen LogP contribution < -0.4 is 11.1 Å². The molecule has 0 aromatic carbocycles. The van der Waals surface area contributed by atoms with Crippen LogP contribution in [-0.2, 0) is 4.74 Å². The first-order valence-electron chi connectivity index (χ1n) is 4.47. The third-order valence-corrected chi connectivity index (χ3v) is 2.45. The molecule has 1 fully saturated rings. The number of hydrogen-bond donors (Lipinski definition) is 3. The fourth-order valence-corrected chi connectivity index (χ4v) is 1.54. The van der Waals surface area contributed by atoms with Gasteiger partial charge in [-0.15, -0.1) is 0 Å². The van der Waals surface area contributed by atoms with E-state index in [2.05, 4.69) is 5.32 Å². The lowest BCUT2D eigenvalue weighted by Crippen LogP contribution is -2.55. The predicted octanol–water partition coefficient (Wildman–Crippen LogP) is -0.924. The summed E-state index contributed by atoms with van der Waals surface area (Å²) in [5, 5.41) is 12.0. The number of rotatable bonds is 4. The molecular formula is C8H18N2O2. The van der Waals surface area contributed by atoms with Crippen molar-refractivity contribution in [1.29, 1.82) is 0 Å². The topological polar surface area (TPSA) is 67.5 Å². The Balaban J connectivity index is 2.37. The molecule has 12 heavy (non-hydrogen) atoms. The van der Waals surface area contributed by atoms with E-state index in [4.69, 9.17) is 15.6 Å². The third kappa shape index (κ3) is 2.42. The molecule has 4 nitrogen and oxygen atoms in total. The Bertz CT molecular complexity index is 124. The van der Waals surface area contributed by atoms with Gasteiger partial charge >= 0.3 is 0 Å². The van der Waals surface area contributed by atoms with Gasteiger partial charge in [0.2, 0.25) is 0 Å². The molecule has 1 saturated heterocycles. The standard InChI is InChI=1S/C8H18N2O2/c9-7-8(10-3-4-11)1-5-12-6-2-8/h10-11H,1-7,9H2. The highest BCUT2D eigenvalue weighted by molar-refractivity contribution is 4.90. The van der Waals surface area contributed by atoms with E-state index in [0.717, 1.165) is 26.1 Å². The van der Waals surface area contributed by atoms with Crippen molar-refractivity contribution in [2.45, 2.75) is 18.4 Å². The van der Waals surface area contributed by atoms with Crippen molar-refractivity contribution in [2.75, 3.05) is 32.9 Å². The first-order chi connectivity index (χ1) is 5.83. The second-order valence-corrected chi connectivity index (χ2v) is 3.25. The average Bonchev–Trinajstić information content (AvgIpc) is 2.16. The Kier molecular flexibility index (Phi) is 3.94. The van der Waals surface area contributed by atoms with E-state index in [1.807, 2.05) is 0 Å². The third-order valence-electron chi connectivity index (χ3n) is 2.45. The summed E-state index contributed by atoms with van der Waals surface area (Å²) in [4.78, 5) is 0. The van der Waals surface area contributed by atoms with E-state index in [1.54, 1.807) is 0 Å². The maximum absolute atomic E-state index is 8.67. The Labute approximate surface area is 73.1 Å². The normalized spacial score (nSPS) is 22.5. The van der Waals surface area contributed by atoms with Gasteiger partial charge in [0.15, 0.2) is 0 Å². The van der Waals surface area contributed by atoms with Crippen molar-refractivity contribution >= 4 is 0 Å². The minimum Gasteiger partial charge on any atom is -0.395 e. The van der Waals surface area contributed by atoms with Crippen LogP contribution in [0, 0.1) is 0 Å². The van der Waals surface area contributed by atoms with Crippen LogP contribution >= 0.6 is 0 Å². The van der Waals surface area contributed by atoms with E-state index in [9.17, 15) is 0 Å². The summed E-state index contributed by atoms with van der Waals surface area (Å²) in [5.41, 5.74) is 5.69. The van der Waals surface area contributed by atoms with Gasteiger partial charge in [0.1, 0.15) is 0 Å². The summed E-state index contributed by atoms with van der Waals surface area (Å²) >= 11 is 0. The minimum absolute atomic E-state index is 0.0149. The highest BCUT2D eigenvalue weighted by Crippen LogP contribution is 2.18. The molecule has 1 heterocycles. The summed E-state index contributed by atoms with van der Waals surface area (Å²) in [6, 6.07) is 0. The van der Waals surface area contributed by atoms with Gasteiger partial charge in [-0.1, -0.05) is 0 Å². The summed E-state index contributed by atoms with van der Waals surface area (Å²) in [5.74, 6) is 0. The lowest BCUT2D eigenvalue weighted by molar-refractivity contribution is 0.0397. The van der Waals surface area contributed by atoms with Crippen molar-refractivity contribution in [2.24, 2.45) is 5.73 Å². The SMILES string of the molecule is NCC1(NCCO)CCOCC1. The molecule has 0 radical (unpaired) electrons. The van der Waals surface area contributed by atoms with Crippen LogP contribution in [0.5, 0.6) is 0 Å². The highest BCUT2D eigenvalue weighted by Gasteiger charge is 2.29. The van der Waals surface area contributed by atoms with Gasteiger partial charge in [-0.25, -0.2) is 0 Å². The fourth-order valence-electron chi connectivity index (χ4n) is 1.54. The lowest BCUT2D eigenvalue weighted by atomic mass is 9.90. The lowest BCUT2D eigenvalue weighted by Gasteiger charge is -2.37. The van der Waals surface area contributed by atoms with E-state index < -0.39 is 0 Å². The number of aliphatic hydroxyl groups is 1. The molecule has 0 amide bonds. The van der Waals surface area contributed by atoms with Crippen LogP contribution in [0.2, 0.25) is 0 Å². The number of ether oxygens (including phenoxy) is 1. The van der Waals surface area contributed by atoms with Crippen molar-refractivity contribution < 1.29 is 9.84 Å². The molecule has 0 saturated carbocycles. The summed E-state index contributed by atoms with van der Waals surface area (Å²) < 4.78 is 5.25. The summed E-state index contributed by atoms with van der Waals surface area (Å²) in [7, 11) is 0. The van der Waals surface area contributed by atoms with E-state index in [1.165, 1.54) is 0 Å². The minimum atomic E-state index is 0.0149. The van der Waals surface area contributed by atoms with Crippen LogP contribution in [0.1, 0.15) is 12.8 Å². The predicted molar refractivity (Wildman–Crippen MR) is 46.9 cm³/mol. The molecule has 0 aromatic heterocycles. The van der Waals surface area contributed by atoms with Gasteiger partial charge in [0, 0.05) is 31.8 Å². The Hall–Kier alpha value is -0.160. The van der Waals surface area contributed by atoms with Crippen molar-refractivity contribution in [3.05, 3.63) is 0 Å². The molecule has 0 unspecified atom stereocenters. The smallest absolute Gasteiger partial charge is 0.0556 e. The molecule has 4 heteroatoms. The highest BCUT2D eigenvalue weighted by atomic mass is 16.5. The quantitative estimate of drug-likeness (QED) is 0.515. The fraction of sp³-hybridized carbons (Fsp3) is 1.00. The Morgan fingerprint density at radius 2 is 2.08 bits per heavy atom. The molecule has 0 spiro atoms. The molecule has 72 valence electrons. The first kappa shape index (κ1) is 9.92. The molecule has 0 atom stereocenters. The summed E-state index contributed by atoms with van der Waals surface area (Å²) in [6.45, 7) is 2.96. The second kappa shape index (κ2) is 4.77.